The molecule has 19 heavy (non-hydrogen) atoms. The van der Waals surface area contributed by atoms with Crippen LogP contribution < -0.4 is 11.3 Å². The summed E-state index contributed by atoms with van der Waals surface area (Å²) in [6.45, 7) is 2.15. The number of aryl methyl sites for hydroxylation is 1. The van der Waals surface area contributed by atoms with E-state index in [0.29, 0.717) is 0 Å². The lowest BCUT2D eigenvalue weighted by atomic mass is 10.0. The van der Waals surface area contributed by atoms with Gasteiger partial charge in [-0.1, -0.05) is 25.5 Å². The number of hydrazine groups is 1. The lowest BCUT2D eigenvalue weighted by Gasteiger charge is -2.10. The van der Waals surface area contributed by atoms with Gasteiger partial charge in [0.1, 0.15) is 5.82 Å². The van der Waals surface area contributed by atoms with Gasteiger partial charge in [-0.15, -0.1) is 0 Å². The van der Waals surface area contributed by atoms with Crippen LogP contribution in [0.3, 0.4) is 0 Å². The standard InChI is InChI=1S/C15H16N4/c1-2-3-12-8-11-5-4-10-6-7-17-9-13(10)14(11)18-15(12)19-16/h4-9H,2-3,16H2,1H3,(H,18,19). The first-order chi connectivity index (χ1) is 9.33. The van der Waals surface area contributed by atoms with Gasteiger partial charge in [0, 0.05) is 23.2 Å². The number of hydrogen-bond acceptors (Lipinski definition) is 4. The summed E-state index contributed by atoms with van der Waals surface area (Å²) in [4.78, 5) is 8.85. The smallest absolute Gasteiger partial charge is 0.143 e. The van der Waals surface area contributed by atoms with Crippen LogP contribution in [0.25, 0.3) is 21.7 Å². The van der Waals surface area contributed by atoms with Crippen molar-refractivity contribution >= 4 is 27.5 Å². The maximum Gasteiger partial charge on any atom is 0.143 e. The minimum absolute atomic E-state index is 0.755. The number of nitrogens with zero attached hydrogens (tertiary/aromatic N) is 2. The molecule has 0 atom stereocenters. The largest absolute Gasteiger partial charge is 0.308 e. The molecule has 2 heterocycles. The second kappa shape index (κ2) is 4.82. The second-order valence-corrected chi connectivity index (χ2v) is 4.62. The molecule has 0 spiro atoms. The third kappa shape index (κ3) is 2.00. The van der Waals surface area contributed by atoms with E-state index < -0.39 is 0 Å². The number of nitrogen functional groups attached to an aromatic ring is 1. The lowest BCUT2D eigenvalue weighted by molar-refractivity contribution is 0.917. The highest BCUT2D eigenvalue weighted by atomic mass is 15.2. The van der Waals surface area contributed by atoms with E-state index in [4.69, 9.17) is 5.84 Å². The van der Waals surface area contributed by atoms with Crippen molar-refractivity contribution in [1.29, 1.82) is 0 Å². The van der Waals surface area contributed by atoms with Crippen LogP contribution in [0.5, 0.6) is 0 Å². The Kier molecular flexibility index (Phi) is 3.01. The highest BCUT2D eigenvalue weighted by Gasteiger charge is 2.08. The quantitative estimate of drug-likeness (QED) is 0.427. The van der Waals surface area contributed by atoms with Gasteiger partial charge in [0.15, 0.2) is 0 Å². The van der Waals surface area contributed by atoms with Crippen molar-refractivity contribution in [2.24, 2.45) is 5.84 Å². The van der Waals surface area contributed by atoms with E-state index in [1.807, 2.05) is 12.3 Å². The van der Waals surface area contributed by atoms with Gasteiger partial charge in [-0.05, 0) is 29.5 Å². The van der Waals surface area contributed by atoms with Crippen molar-refractivity contribution in [1.82, 2.24) is 9.97 Å². The lowest BCUT2D eigenvalue weighted by Crippen LogP contribution is -2.11. The zero-order chi connectivity index (χ0) is 13.2. The molecule has 4 nitrogen and oxygen atoms in total. The van der Waals surface area contributed by atoms with E-state index >= 15 is 0 Å². The number of aromatic nitrogens is 2. The predicted molar refractivity (Wildman–Crippen MR) is 78.8 cm³/mol. The fourth-order valence-electron chi connectivity index (χ4n) is 2.43. The Balaban J connectivity index is 2.34. The number of benzene rings is 1. The molecular weight excluding hydrogens is 236 g/mol. The normalized spacial score (nSPS) is 11.1. The summed E-state index contributed by atoms with van der Waals surface area (Å²) in [6, 6.07) is 8.36. The molecule has 3 rings (SSSR count). The molecule has 0 aliphatic rings. The monoisotopic (exact) mass is 252 g/mol. The molecule has 0 saturated carbocycles. The van der Waals surface area contributed by atoms with Crippen LogP contribution in [0, 0.1) is 0 Å². The van der Waals surface area contributed by atoms with E-state index in [1.54, 1.807) is 6.20 Å². The van der Waals surface area contributed by atoms with Gasteiger partial charge in [-0.3, -0.25) is 4.98 Å². The molecule has 0 radical (unpaired) electrons. The maximum absolute atomic E-state index is 5.59. The molecule has 96 valence electrons. The number of fused-ring (bicyclic) bond motifs is 3. The Hall–Kier alpha value is -2.20. The first-order valence-corrected chi connectivity index (χ1v) is 6.46. The van der Waals surface area contributed by atoms with Crippen molar-refractivity contribution in [3.8, 4) is 0 Å². The number of pyridine rings is 2. The summed E-state index contributed by atoms with van der Waals surface area (Å²) < 4.78 is 0. The molecule has 0 unspecified atom stereocenters. The van der Waals surface area contributed by atoms with Crippen LogP contribution in [-0.4, -0.2) is 9.97 Å². The highest BCUT2D eigenvalue weighted by molar-refractivity contribution is 6.05. The Morgan fingerprint density at radius 3 is 2.84 bits per heavy atom. The van der Waals surface area contributed by atoms with Gasteiger partial charge in [0.25, 0.3) is 0 Å². The molecule has 3 N–H and O–H groups in total. The summed E-state index contributed by atoms with van der Waals surface area (Å²) in [5.41, 5.74) is 4.80. The minimum Gasteiger partial charge on any atom is -0.308 e. The van der Waals surface area contributed by atoms with Crippen LogP contribution in [-0.2, 0) is 6.42 Å². The first kappa shape index (κ1) is 11.9. The molecule has 0 saturated heterocycles. The number of anilines is 1. The van der Waals surface area contributed by atoms with Crippen LogP contribution in [0.2, 0.25) is 0 Å². The molecule has 0 aliphatic carbocycles. The van der Waals surface area contributed by atoms with Crippen LogP contribution in [0.1, 0.15) is 18.9 Å². The SMILES string of the molecule is CCCc1cc2ccc3ccncc3c2nc1NN. The molecule has 2 aromatic heterocycles. The summed E-state index contributed by atoms with van der Waals surface area (Å²) >= 11 is 0. The average Bonchev–Trinajstić information content (AvgIpc) is 2.46. The van der Waals surface area contributed by atoms with Crippen molar-refractivity contribution in [2.45, 2.75) is 19.8 Å². The summed E-state index contributed by atoms with van der Waals surface area (Å²) in [6.07, 6.45) is 5.68. The molecule has 0 aliphatic heterocycles. The van der Waals surface area contributed by atoms with Crippen molar-refractivity contribution < 1.29 is 0 Å². The summed E-state index contributed by atoms with van der Waals surface area (Å²) in [5, 5.41) is 3.32. The number of nitrogens with two attached hydrogens (primary N) is 1. The number of hydrogen-bond donors (Lipinski definition) is 2. The van der Waals surface area contributed by atoms with Crippen LogP contribution in [0.15, 0.2) is 36.7 Å². The van der Waals surface area contributed by atoms with E-state index in [-0.39, 0.29) is 0 Å². The summed E-state index contributed by atoms with van der Waals surface area (Å²) in [7, 11) is 0. The number of nitrogens with one attached hydrogen (secondary N) is 1. The second-order valence-electron chi connectivity index (χ2n) is 4.62. The van der Waals surface area contributed by atoms with E-state index in [2.05, 4.69) is 40.5 Å². The average molecular weight is 252 g/mol. The highest BCUT2D eigenvalue weighted by Crippen LogP contribution is 2.27. The van der Waals surface area contributed by atoms with Gasteiger partial charge in [0.05, 0.1) is 5.52 Å². The first-order valence-electron chi connectivity index (χ1n) is 6.46. The maximum atomic E-state index is 5.59. The van der Waals surface area contributed by atoms with E-state index in [0.717, 1.165) is 45.9 Å². The topological polar surface area (TPSA) is 63.8 Å². The molecule has 0 bridgehead atoms. The molecular formula is C15H16N4. The fraction of sp³-hybridized carbons (Fsp3) is 0.200. The van der Waals surface area contributed by atoms with Crippen LogP contribution in [0.4, 0.5) is 5.82 Å². The van der Waals surface area contributed by atoms with Gasteiger partial charge in [0.2, 0.25) is 0 Å². The zero-order valence-corrected chi connectivity index (χ0v) is 10.9. The Labute approximate surface area is 111 Å². The third-order valence-electron chi connectivity index (χ3n) is 3.34. The van der Waals surface area contributed by atoms with E-state index in [1.165, 1.54) is 0 Å². The minimum atomic E-state index is 0.755. The van der Waals surface area contributed by atoms with E-state index in [9.17, 15) is 0 Å². The Morgan fingerprint density at radius 1 is 1.21 bits per heavy atom. The third-order valence-corrected chi connectivity index (χ3v) is 3.34. The van der Waals surface area contributed by atoms with Crippen molar-refractivity contribution in [3.63, 3.8) is 0 Å². The molecule has 4 heteroatoms. The Bertz CT molecular complexity index is 737. The van der Waals surface area contributed by atoms with Crippen molar-refractivity contribution in [3.05, 3.63) is 42.2 Å². The molecule has 3 aromatic rings. The Morgan fingerprint density at radius 2 is 2.05 bits per heavy atom. The van der Waals surface area contributed by atoms with Gasteiger partial charge in [-0.25, -0.2) is 10.8 Å². The molecule has 0 amide bonds. The zero-order valence-electron chi connectivity index (χ0n) is 10.9. The van der Waals surface area contributed by atoms with Crippen molar-refractivity contribution in [2.75, 3.05) is 5.43 Å². The fourth-order valence-corrected chi connectivity index (χ4v) is 2.43. The number of rotatable bonds is 3. The molecule has 1 aromatic carbocycles. The molecule has 0 fully saturated rings. The van der Waals surface area contributed by atoms with Crippen LogP contribution >= 0.6 is 0 Å². The van der Waals surface area contributed by atoms with Gasteiger partial charge in [-0.2, -0.15) is 0 Å². The van der Waals surface area contributed by atoms with Gasteiger partial charge < -0.3 is 5.43 Å². The summed E-state index contributed by atoms with van der Waals surface area (Å²) in [5.74, 6) is 6.34. The van der Waals surface area contributed by atoms with Gasteiger partial charge >= 0.3 is 0 Å². The predicted octanol–water partition coefficient (Wildman–Crippen LogP) is 3.02.